The topological polar surface area (TPSA) is 18.5 Å². The number of alkyl halides is 1. The fourth-order valence-electron chi connectivity index (χ4n) is 0.626. The van der Waals surface area contributed by atoms with Crippen LogP contribution in [0.4, 0.5) is 0 Å². The first-order chi connectivity index (χ1) is 3.93. The van der Waals surface area contributed by atoms with E-state index in [-0.39, 0.29) is 0 Å². The van der Waals surface area contributed by atoms with E-state index in [0.717, 1.165) is 18.5 Å². The zero-order valence-corrected chi connectivity index (χ0v) is 6.19. The molecule has 0 amide bonds. The van der Waals surface area contributed by atoms with Gasteiger partial charge < -0.3 is 9.47 Å². The van der Waals surface area contributed by atoms with Crippen molar-refractivity contribution >= 4 is 15.9 Å². The summed E-state index contributed by atoms with van der Waals surface area (Å²) in [6.45, 7) is 2.15. The second-order valence-electron chi connectivity index (χ2n) is 1.88. The van der Waals surface area contributed by atoms with Crippen LogP contribution < -0.4 is 0 Å². The number of halogens is 1. The van der Waals surface area contributed by atoms with Crippen LogP contribution in [0.25, 0.3) is 0 Å². The van der Waals surface area contributed by atoms with Crippen LogP contribution in [0.15, 0.2) is 0 Å². The third kappa shape index (κ3) is 1.73. The van der Waals surface area contributed by atoms with Crippen molar-refractivity contribution in [3.05, 3.63) is 0 Å². The Labute approximate surface area is 57.3 Å². The molecule has 1 heterocycles. The summed E-state index contributed by atoms with van der Waals surface area (Å²) in [7, 11) is 0. The van der Waals surface area contributed by atoms with Gasteiger partial charge in [-0.2, -0.15) is 0 Å². The van der Waals surface area contributed by atoms with Gasteiger partial charge >= 0.3 is 0 Å². The molecule has 0 spiro atoms. The van der Waals surface area contributed by atoms with Crippen LogP contribution in [-0.4, -0.2) is 25.3 Å². The van der Waals surface area contributed by atoms with E-state index in [0.29, 0.717) is 12.7 Å². The molecule has 48 valence electrons. The van der Waals surface area contributed by atoms with Gasteiger partial charge in [-0.3, -0.25) is 0 Å². The van der Waals surface area contributed by atoms with Crippen LogP contribution in [0, 0.1) is 5.92 Å². The highest BCUT2D eigenvalue weighted by Crippen LogP contribution is 2.07. The second kappa shape index (κ2) is 3.43. The Hall–Kier alpha value is 0.400. The van der Waals surface area contributed by atoms with Crippen molar-refractivity contribution in [1.82, 2.24) is 0 Å². The third-order valence-corrected chi connectivity index (χ3v) is 2.01. The molecule has 2 nitrogen and oxygen atoms in total. The maximum absolute atomic E-state index is 5.02. The number of hydrogen-bond donors (Lipinski definition) is 0. The summed E-state index contributed by atoms with van der Waals surface area (Å²) in [6.07, 6.45) is 0. The van der Waals surface area contributed by atoms with Gasteiger partial charge in [0.1, 0.15) is 6.79 Å². The van der Waals surface area contributed by atoms with Gasteiger partial charge in [-0.05, 0) is 0 Å². The van der Waals surface area contributed by atoms with Crippen LogP contribution in [0.1, 0.15) is 0 Å². The number of ether oxygens (including phenoxy) is 2. The molecule has 3 heteroatoms. The van der Waals surface area contributed by atoms with Crippen molar-refractivity contribution in [3.8, 4) is 0 Å². The number of hydrogen-bond acceptors (Lipinski definition) is 2. The van der Waals surface area contributed by atoms with Gasteiger partial charge in [-0.25, -0.2) is 0 Å². The normalized spacial score (nSPS) is 23.6. The fourth-order valence-corrected chi connectivity index (χ4v) is 1.000. The largest absolute Gasteiger partial charge is 0.355 e. The molecule has 0 N–H and O–H groups in total. The smallest absolute Gasteiger partial charge is 0.146 e. The first kappa shape index (κ1) is 6.52. The molecule has 1 aliphatic heterocycles. The zero-order chi connectivity index (χ0) is 5.82. The molecule has 0 saturated carbocycles. The minimum absolute atomic E-state index is 0.476. The molecule has 0 aliphatic carbocycles. The molecule has 0 aromatic heterocycles. The van der Waals surface area contributed by atoms with E-state index in [1.807, 2.05) is 0 Å². The lowest BCUT2D eigenvalue weighted by molar-refractivity contribution is -0.120. The summed E-state index contributed by atoms with van der Waals surface area (Å²) >= 11 is 3.35. The van der Waals surface area contributed by atoms with Gasteiger partial charge in [0.25, 0.3) is 0 Å². The lowest BCUT2D eigenvalue weighted by Gasteiger charge is -2.19. The van der Waals surface area contributed by atoms with Crippen LogP contribution in [-0.2, 0) is 9.47 Å². The molecule has 1 saturated heterocycles. The predicted molar refractivity (Wildman–Crippen MR) is 34.1 cm³/mol. The highest BCUT2D eigenvalue weighted by Gasteiger charge is 2.11. The molecule has 0 atom stereocenters. The van der Waals surface area contributed by atoms with Crippen molar-refractivity contribution in [3.63, 3.8) is 0 Å². The first-order valence-corrected chi connectivity index (χ1v) is 3.77. The average molecular weight is 181 g/mol. The monoisotopic (exact) mass is 180 g/mol. The highest BCUT2D eigenvalue weighted by molar-refractivity contribution is 9.09. The Morgan fingerprint density at radius 1 is 1.38 bits per heavy atom. The lowest BCUT2D eigenvalue weighted by Crippen LogP contribution is -2.24. The SMILES string of the molecule is BrCC1COCOC1. The quantitative estimate of drug-likeness (QED) is 0.562. The Kier molecular flexibility index (Phi) is 2.80. The molecule has 0 aromatic carbocycles. The molecule has 0 radical (unpaired) electrons. The van der Waals surface area contributed by atoms with E-state index in [9.17, 15) is 0 Å². The summed E-state index contributed by atoms with van der Waals surface area (Å²) in [5.41, 5.74) is 0. The zero-order valence-electron chi connectivity index (χ0n) is 4.60. The molecule has 0 bridgehead atoms. The molecule has 0 unspecified atom stereocenters. The van der Waals surface area contributed by atoms with Gasteiger partial charge in [0.2, 0.25) is 0 Å². The van der Waals surface area contributed by atoms with E-state index >= 15 is 0 Å². The van der Waals surface area contributed by atoms with E-state index in [4.69, 9.17) is 9.47 Å². The van der Waals surface area contributed by atoms with Crippen LogP contribution in [0.5, 0.6) is 0 Å². The van der Waals surface area contributed by atoms with Crippen molar-refractivity contribution in [1.29, 1.82) is 0 Å². The number of rotatable bonds is 1. The van der Waals surface area contributed by atoms with E-state index < -0.39 is 0 Å². The van der Waals surface area contributed by atoms with Gasteiger partial charge in [-0.1, -0.05) is 15.9 Å². The summed E-state index contributed by atoms with van der Waals surface area (Å²) in [5.74, 6) is 0.559. The van der Waals surface area contributed by atoms with E-state index in [2.05, 4.69) is 15.9 Å². The van der Waals surface area contributed by atoms with Crippen molar-refractivity contribution in [2.24, 2.45) is 5.92 Å². The second-order valence-corrected chi connectivity index (χ2v) is 2.53. The van der Waals surface area contributed by atoms with Gasteiger partial charge in [0.05, 0.1) is 13.2 Å². The molecule has 0 aromatic rings. The summed E-state index contributed by atoms with van der Waals surface area (Å²) in [4.78, 5) is 0. The average Bonchev–Trinajstić information content (AvgIpc) is 1.90. The van der Waals surface area contributed by atoms with Crippen molar-refractivity contribution < 1.29 is 9.47 Å². The molecule has 1 rings (SSSR count). The molecular weight excluding hydrogens is 172 g/mol. The third-order valence-electron chi connectivity index (χ3n) is 1.09. The van der Waals surface area contributed by atoms with Gasteiger partial charge in [0.15, 0.2) is 0 Å². The molecule has 8 heavy (non-hydrogen) atoms. The Morgan fingerprint density at radius 2 is 2.00 bits per heavy atom. The summed E-state index contributed by atoms with van der Waals surface area (Å²) in [6, 6.07) is 0. The van der Waals surface area contributed by atoms with Crippen LogP contribution >= 0.6 is 15.9 Å². The van der Waals surface area contributed by atoms with Gasteiger partial charge in [-0.15, -0.1) is 0 Å². The Bertz CT molecular complexity index is 61.4. The maximum Gasteiger partial charge on any atom is 0.146 e. The van der Waals surface area contributed by atoms with Crippen molar-refractivity contribution in [2.75, 3.05) is 25.3 Å². The minimum Gasteiger partial charge on any atom is -0.355 e. The van der Waals surface area contributed by atoms with E-state index in [1.54, 1.807) is 0 Å². The lowest BCUT2D eigenvalue weighted by atomic mass is 10.2. The first-order valence-electron chi connectivity index (χ1n) is 2.65. The highest BCUT2D eigenvalue weighted by atomic mass is 79.9. The molecule has 1 fully saturated rings. The fraction of sp³-hybridized carbons (Fsp3) is 1.00. The minimum atomic E-state index is 0.476. The molecular formula is C5H9BrO2. The molecule has 1 aliphatic rings. The Balaban J connectivity index is 2.13. The summed E-state index contributed by atoms with van der Waals surface area (Å²) in [5, 5.41) is 0.979. The maximum atomic E-state index is 5.02. The van der Waals surface area contributed by atoms with Crippen LogP contribution in [0.2, 0.25) is 0 Å². The predicted octanol–water partition coefficient (Wildman–Crippen LogP) is 1.00. The van der Waals surface area contributed by atoms with Crippen molar-refractivity contribution in [2.45, 2.75) is 0 Å². The summed E-state index contributed by atoms with van der Waals surface area (Å²) < 4.78 is 10.0. The van der Waals surface area contributed by atoms with Gasteiger partial charge in [0, 0.05) is 11.2 Å². The van der Waals surface area contributed by atoms with Crippen LogP contribution in [0.3, 0.4) is 0 Å². The van der Waals surface area contributed by atoms with E-state index in [1.165, 1.54) is 0 Å². The standard InChI is InChI=1S/C5H9BrO2/c6-1-5-2-7-4-8-3-5/h5H,1-4H2. The Morgan fingerprint density at radius 3 is 2.38 bits per heavy atom.